The Hall–Kier alpha value is -10.1. The maximum Gasteiger partial charge on any atom is 0.410 e. The zero-order valence-electron chi connectivity index (χ0n) is 57.1. The first-order chi connectivity index (χ1) is 48.7. The van der Waals surface area contributed by atoms with E-state index in [9.17, 15) is 42.3 Å². The third kappa shape index (κ3) is 21.9. The largest absolute Gasteiger partial charge is 0.490 e. The van der Waals surface area contributed by atoms with E-state index < -0.39 is 11.9 Å². The molecule has 5 aliphatic rings. The van der Waals surface area contributed by atoms with E-state index >= 15 is 0 Å². The zero-order valence-corrected chi connectivity index (χ0v) is 57.1. The van der Waals surface area contributed by atoms with Gasteiger partial charge in [-0.2, -0.15) is 0 Å². The average molecular weight is 1370 g/mol. The summed E-state index contributed by atoms with van der Waals surface area (Å²) >= 11 is 0. The number of hydrogen-bond acceptors (Lipinski definition) is 12. The van der Waals surface area contributed by atoms with Gasteiger partial charge in [-0.15, -0.1) is 0 Å². The van der Waals surface area contributed by atoms with Crippen LogP contribution in [-0.2, 0) is 27.4 Å². The van der Waals surface area contributed by atoms with Crippen molar-refractivity contribution in [1.82, 2.24) is 20.0 Å². The standard InChI is InChI=1S/C30H31FN2O4.C19H19FO3.C18H17FO3.C12H16N2O2.C2H6/c31-25-13-10-23(11-14-25)27-20-24(12-15-28(27)37-26-8-4-5-9-26)29(34)32-16-18-33(19-17-32)30(35)36-21-22-6-2-1-3-7-22;1-22-19(21)14-8-11-18(23-16-4-2-3-5-16)17(12-14)13-6-9-15(20)10-7-13;19-14-8-5-12(6-9-14)16-11-13(18(20)21)7-10-17(16)22-15-3-1-2-4-15;15-12(14-8-6-13-7-9-14)16-10-11-4-2-1-3-5-11;1-2/h1-3,6-7,10-15,20,26H,4-5,8-9,16-19,21H2;6-12,16H,2-5H2,1H3;5-11,15H,1-4H2,(H,20,21);1-5,13H,6-10H2;1-2H3. The zero-order chi connectivity index (χ0) is 70.6. The molecule has 3 amide bonds. The molecule has 5 fully saturated rings. The molecule has 0 bridgehead atoms. The van der Waals surface area contributed by atoms with Crippen LogP contribution in [0.3, 0.4) is 0 Å². The molecule has 2 aliphatic heterocycles. The fraction of sp³-hybridized carbons (Fsp3) is 0.346. The van der Waals surface area contributed by atoms with Gasteiger partial charge in [-0.3, -0.25) is 4.79 Å². The summed E-state index contributed by atoms with van der Waals surface area (Å²) in [6, 6.07) is 53.2. The second-order valence-corrected chi connectivity index (χ2v) is 24.6. The van der Waals surface area contributed by atoms with Crippen molar-refractivity contribution in [2.45, 2.75) is 122 Å². The Bertz CT molecular complexity index is 3890. The number of amides is 3. The molecule has 3 aliphatic carbocycles. The van der Waals surface area contributed by atoms with Gasteiger partial charge in [-0.1, -0.05) is 111 Å². The lowest BCUT2D eigenvalue weighted by atomic mass is 10.0. The number of carbonyl (C=O) groups is 5. The minimum absolute atomic E-state index is 0.104. The Labute approximate surface area is 583 Å². The monoisotopic (exact) mass is 1370 g/mol. The first-order valence-corrected chi connectivity index (χ1v) is 34.7. The number of benzene rings is 8. The van der Waals surface area contributed by atoms with E-state index in [-0.39, 0.29) is 66.0 Å². The number of carboxylic acids is 1. The molecule has 526 valence electrons. The Balaban J connectivity index is 0.000000162. The molecule has 0 atom stereocenters. The van der Waals surface area contributed by atoms with Crippen molar-refractivity contribution in [2.75, 3.05) is 59.5 Å². The number of esters is 1. The van der Waals surface area contributed by atoms with E-state index in [4.69, 9.17) is 28.4 Å². The van der Waals surface area contributed by atoms with Crippen LogP contribution in [-0.4, -0.2) is 128 Å². The van der Waals surface area contributed by atoms with Gasteiger partial charge in [0.2, 0.25) is 0 Å². The van der Waals surface area contributed by atoms with Crippen LogP contribution < -0.4 is 19.5 Å². The summed E-state index contributed by atoms with van der Waals surface area (Å²) in [6.07, 6.45) is 13.1. The van der Waals surface area contributed by atoms with Gasteiger partial charge in [0.1, 0.15) is 47.9 Å². The first kappa shape index (κ1) is 74.1. The second kappa shape index (κ2) is 38.3. The Kier molecular flexibility index (Phi) is 28.4. The molecule has 0 radical (unpaired) electrons. The number of halogens is 3. The van der Waals surface area contributed by atoms with Crippen molar-refractivity contribution >= 4 is 30.0 Å². The fourth-order valence-electron chi connectivity index (χ4n) is 12.3. The smallest absolute Gasteiger partial charge is 0.410 e. The molecule has 0 spiro atoms. The topological polar surface area (TPSA) is 183 Å². The minimum atomic E-state index is -0.990. The molecule has 8 aromatic carbocycles. The molecule has 2 N–H and O–H groups in total. The summed E-state index contributed by atoms with van der Waals surface area (Å²) in [5, 5.41) is 12.4. The lowest BCUT2D eigenvalue weighted by Gasteiger charge is -2.34. The number of ether oxygens (including phenoxy) is 6. The minimum Gasteiger partial charge on any atom is -0.490 e. The van der Waals surface area contributed by atoms with Gasteiger partial charge >= 0.3 is 24.1 Å². The van der Waals surface area contributed by atoms with Crippen LogP contribution in [0, 0.1) is 17.5 Å². The van der Waals surface area contributed by atoms with E-state index in [2.05, 4.69) is 5.32 Å². The highest BCUT2D eigenvalue weighted by atomic mass is 19.1. The normalized spacial score (nSPS) is 15.2. The summed E-state index contributed by atoms with van der Waals surface area (Å²) in [4.78, 5) is 65.6. The SMILES string of the molecule is CC.COC(=O)c1ccc(OC2CCCC2)c(-c2ccc(F)cc2)c1.O=C(O)c1ccc(OC2CCCC2)c(-c2ccc(F)cc2)c1.O=C(OCc1ccccc1)N1CCN(C(=O)c2ccc(OC3CCCC3)c(-c3ccc(F)cc3)c2)CC1.O=C(OCc1ccccc1)N1CCNCC1. The summed E-state index contributed by atoms with van der Waals surface area (Å²) in [6.45, 7) is 9.39. The van der Waals surface area contributed by atoms with Crippen molar-refractivity contribution in [3.63, 3.8) is 0 Å². The third-order valence-corrected chi connectivity index (χ3v) is 17.7. The molecule has 2 saturated heterocycles. The first-order valence-electron chi connectivity index (χ1n) is 34.7. The quantitative estimate of drug-likeness (QED) is 0.0689. The van der Waals surface area contributed by atoms with Crippen LogP contribution in [0.5, 0.6) is 17.2 Å². The molecule has 0 aromatic heterocycles. The number of methoxy groups -OCH3 is 1. The summed E-state index contributed by atoms with van der Waals surface area (Å²) < 4.78 is 73.8. The van der Waals surface area contributed by atoms with Gasteiger partial charge in [0.25, 0.3) is 5.91 Å². The van der Waals surface area contributed by atoms with Crippen LogP contribution in [0.4, 0.5) is 22.8 Å². The highest BCUT2D eigenvalue weighted by Crippen LogP contribution is 2.38. The van der Waals surface area contributed by atoms with E-state index in [1.165, 1.54) is 56.3 Å². The average Bonchev–Trinajstić information content (AvgIpc) is 0.991. The summed E-state index contributed by atoms with van der Waals surface area (Å²) in [5.41, 5.74) is 7.74. The number of rotatable bonds is 16. The van der Waals surface area contributed by atoms with E-state index in [0.717, 1.165) is 135 Å². The predicted molar refractivity (Wildman–Crippen MR) is 379 cm³/mol. The lowest BCUT2D eigenvalue weighted by molar-refractivity contribution is 0.0543. The van der Waals surface area contributed by atoms with Crippen LogP contribution in [0.15, 0.2) is 188 Å². The van der Waals surface area contributed by atoms with Crippen LogP contribution in [0.2, 0.25) is 0 Å². The van der Waals surface area contributed by atoms with Crippen LogP contribution in [0.25, 0.3) is 33.4 Å². The van der Waals surface area contributed by atoms with E-state index in [1.807, 2.05) is 86.6 Å². The maximum atomic E-state index is 13.6. The molecule has 100 heavy (non-hydrogen) atoms. The molecule has 0 unspecified atom stereocenters. The van der Waals surface area contributed by atoms with Crippen molar-refractivity contribution in [2.24, 2.45) is 0 Å². The molecular formula is C81H89F3N4O12. The molecule has 19 heteroatoms. The van der Waals surface area contributed by atoms with Crippen molar-refractivity contribution < 1.29 is 70.7 Å². The second-order valence-electron chi connectivity index (χ2n) is 24.6. The number of nitrogens with one attached hydrogen (secondary N) is 1. The highest BCUT2D eigenvalue weighted by molar-refractivity contribution is 5.96. The Morgan fingerprint density at radius 2 is 0.750 bits per heavy atom. The number of nitrogens with zero attached hydrogens (tertiary/aromatic N) is 3. The Morgan fingerprint density at radius 1 is 0.420 bits per heavy atom. The van der Waals surface area contributed by atoms with Crippen molar-refractivity contribution in [3.05, 3.63) is 233 Å². The molecule has 13 rings (SSSR count). The number of piperazine rings is 2. The Morgan fingerprint density at radius 3 is 1.12 bits per heavy atom. The van der Waals surface area contributed by atoms with Crippen molar-refractivity contribution in [1.29, 1.82) is 0 Å². The molecule has 3 saturated carbocycles. The lowest BCUT2D eigenvalue weighted by Crippen LogP contribution is -2.50. The molecule has 2 heterocycles. The van der Waals surface area contributed by atoms with Gasteiger partial charge in [-0.05, 0) is 196 Å². The highest BCUT2D eigenvalue weighted by Gasteiger charge is 2.28. The number of carbonyl (C=O) groups excluding carboxylic acids is 4. The van der Waals surface area contributed by atoms with Gasteiger partial charge < -0.3 is 53.5 Å². The molecule has 16 nitrogen and oxygen atoms in total. The maximum absolute atomic E-state index is 13.6. The van der Waals surface area contributed by atoms with Crippen molar-refractivity contribution in [3.8, 4) is 50.6 Å². The molecular weight excluding hydrogens is 1280 g/mol. The summed E-state index contributed by atoms with van der Waals surface area (Å²) in [7, 11) is 1.35. The van der Waals surface area contributed by atoms with Gasteiger partial charge in [0, 0.05) is 74.6 Å². The number of carboxylic acid groups (broad SMARTS) is 1. The predicted octanol–water partition coefficient (Wildman–Crippen LogP) is 17.3. The van der Waals surface area contributed by atoms with Gasteiger partial charge in [0.05, 0.1) is 36.5 Å². The molecule has 8 aromatic rings. The van der Waals surface area contributed by atoms with Gasteiger partial charge in [0.15, 0.2) is 0 Å². The van der Waals surface area contributed by atoms with Crippen LogP contribution >= 0.6 is 0 Å². The van der Waals surface area contributed by atoms with Gasteiger partial charge in [-0.25, -0.2) is 32.3 Å². The summed E-state index contributed by atoms with van der Waals surface area (Å²) in [5.74, 6) is -0.340. The third-order valence-electron chi connectivity index (χ3n) is 17.7. The van der Waals surface area contributed by atoms with E-state index in [1.54, 1.807) is 93.6 Å². The fourth-order valence-corrected chi connectivity index (χ4v) is 12.3. The number of aromatic carboxylic acids is 1. The van der Waals surface area contributed by atoms with E-state index in [0.29, 0.717) is 61.0 Å². The van der Waals surface area contributed by atoms with Crippen LogP contribution in [0.1, 0.15) is 133 Å². The number of hydrogen-bond donors (Lipinski definition) is 2.